The highest BCUT2D eigenvalue weighted by molar-refractivity contribution is 5.33. The van der Waals surface area contributed by atoms with Crippen LogP contribution in [-0.4, -0.2) is 37.6 Å². The maximum atomic E-state index is 5.81. The Morgan fingerprint density at radius 3 is 2.24 bits per heavy atom. The van der Waals surface area contributed by atoms with Gasteiger partial charge in [-0.15, -0.1) is 0 Å². The molecule has 21 heavy (non-hydrogen) atoms. The molecule has 0 aromatic heterocycles. The third kappa shape index (κ3) is 4.31. The molecule has 0 spiro atoms. The van der Waals surface area contributed by atoms with Gasteiger partial charge in [0, 0.05) is 32.7 Å². The van der Waals surface area contributed by atoms with Crippen molar-refractivity contribution in [1.29, 1.82) is 0 Å². The first-order chi connectivity index (χ1) is 10.4. The zero-order valence-corrected chi connectivity index (χ0v) is 12.3. The lowest BCUT2D eigenvalue weighted by atomic mass is 10.1. The van der Waals surface area contributed by atoms with E-state index in [1.807, 2.05) is 30.3 Å². The van der Waals surface area contributed by atoms with E-state index in [-0.39, 0.29) is 0 Å². The number of ether oxygens (including phenoxy) is 1. The number of hydrogen-bond donors (Lipinski definition) is 1. The average Bonchev–Trinajstić information content (AvgIpc) is 2.56. The maximum Gasteiger partial charge on any atom is 0.127 e. The van der Waals surface area contributed by atoms with Gasteiger partial charge in [-0.3, -0.25) is 0 Å². The molecule has 0 atom stereocenters. The summed E-state index contributed by atoms with van der Waals surface area (Å²) in [6, 6.07) is 18.3. The molecule has 0 unspecified atom stereocenters. The second-order valence-electron chi connectivity index (χ2n) is 5.40. The van der Waals surface area contributed by atoms with Gasteiger partial charge in [-0.2, -0.15) is 0 Å². The van der Waals surface area contributed by atoms with E-state index in [0.29, 0.717) is 0 Å². The first-order valence-electron chi connectivity index (χ1n) is 7.65. The molecule has 0 bridgehead atoms. The topological polar surface area (TPSA) is 24.5 Å². The summed E-state index contributed by atoms with van der Waals surface area (Å²) in [7, 11) is 0. The van der Waals surface area contributed by atoms with Gasteiger partial charge in [0.2, 0.25) is 0 Å². The molecule has 110 valence electrons. The van der Waals surface area contributed by atoms with Crippen LogP contribution in [0.2, 0.25) is 0 Å². The van der Waals surface area contributed by atoms with Gasteiger partial charge >= 0.3 is 0 Å². The zero-order chi connectivity index (χ0) is 14.3. The summed E-state index contributed by atoms with van der Waals surface area (Å²) in [5.74, 6) is 1.78. The van der Waals surface area contributed by atoms with Crippen molar-refractivity contribution in [2.45, 2.75) is 6.42 Å². The molecular weight excluding hydrogens is 260 g/mol. The van der Waals surface area contributed by atoms with Gasteiger partial charge in [0.25, 0.3) is 0 Å². The molecule has 1 fully saturated rings. The molecule has 1 saturated heterocycles. The number of para-hydroxylation sites is 1. The summed E-state index contributed by atoms with van der Waals surface area (Å²) < 4.78 is 5.81. The highest BCUT2D eigenvalue weighted by atomic mass is 16.5. The Labute approximate surface area is 126 Å². The Kier molecular flexibility index (Phi) is 4.87. The lowest BCUT2D eigenvalue weighted by Gasteiger charge is -2.27. The quantitative estimate of drug-likeness (QED) is 0.912. The van der Waals surface area contributed by atoms with E-state index < -0.39 is 0 Å². The molecule has 0 radical (unpaired) electrons. The smallest absolute Gasteiger partial charge is 0.127 e. The lowest BCUT2D eigenvalue weighted by Crippen LogP contribution is -2.44. The van der Waals surface area contributed by atoms with E-state index >= 15 is 0 Å². The van der Waals surface area contributed by atoms with Crippen molar-refractivity contribution in [3.8, 4) is 11.5 Å². The largest absolute Gasteiger partial charge is 0.457 e. The van der Waals surface area contributed by atoms with E-state index in [2.05, 4.69) is 34.5 Å². The number of piperazine rings is 1. The third-order valence-corrected chi connectivity index (χ3v) is 3.83. The lowest BCUT2D eigenvalue weighted by molar-refractivity contribution is 0.244. The van der Waals surface area contributed by atoms with E-state index in [1.165, 1.54) is 5.56 Å². The van der Waals surface area contributed by atoms with Crippen LogP contribution in [0.1, 0.15) is 5.56 Å². The van der Waals surface area contributed by atoms with Crippen LogP contribution in [0.15, 0.2) is 54.6 Å². The predicted octanol–water partition coefficient (Wildman–Crippen LogP) is 2.93. The van der Waals surface area contributed by atoms with Crippen LogP contribution in [0.3, 0.4) is 0 Å². The van der Waals surface area contributed by atoms with Crippen LogP contribution in [0.25, 0.3) is 0 Å². The number of hydrogen-bond acceptors (Lipinski definition) is 3. The zero-order valence-electron chi connectivity index (χ0n) is 12.3. The Morgan fingerprint density at radius 2 is 1.52 bits per heavy atom. The number of nitrogens with one attached hydrogen (secondary N) is 1. The van der Waals surface area contributed by atoms with Crippen molar-refractivity contribution in [3.63, 3.8) is 0 Å². The third-order valence-electron chi connectivity index (χ3n) is 3.83. The van der Waals surface area contributed by atoms with Crippen molar-refractivity contribution in [2.24, 2.45) is 0 Å². The van der Waals surface area contributed by atoms with Crippen molar-refractivity contribution in [1.82, 2.24) is 10.2 Å². The van der Waals surface area contributed by atoms with Gasteiger partial charge < -0.3 is 15.0 Å². The van der Waals surface area contributed by atoms with Gasteiger partial charge in [0.15, 0.2) is 0 Å². The fourth-order valence-corrected chi connectivity index (χ4v) is 2.57. The number of nitrogens with zero attached hydrogens (tertiary/aromatic N) is 1. The van der Waals surface area contributed by atoms with Crippen LogP contribution in [0, 0.1) is 0 Å². The molecule has 3 nitrogen and oxygen atoms in total. The predicted molar refractivity (Wildman–Crippen MR) is 86.0 cm³/mol. The van der Waals surface area contributed by atoms with Crippen LogP contribution in [0.5, 0.6) is 11.5 Å². The Bertz CT molecular complexity index is 533. The molecule has 0 amide bonds. The minimum absolute atomic E-state index is 0.881. The number of benzene rings is 2. The summed E-state index contributed by atoms with van der Waals surface area (Å²) in [6.45, 7) is 5.69. The van der Waals surface area contributed by atoms with Gasteiger partial charge in [-0.25, -0.2) is 0 Å². The van der Waals surface area contributed by atoms with E-state index in [0.717, 1.165) is 50.6 Å². The molecule has 2 aromatic rings. The van der Waals surface area contributed by atoms with E-state index in [4.69, 9.17) is 4.74 Å². The summed E-state index contributed by atoms with van der Waals surface area (Å²) in [5, 5.41) is 3.39. The summed E-state index contributed by atoms with van der Waals surface area (Å²) in [4.78, 5) is 2.52. The average molecular weight is 282 g/mol. The van der Waals surface area contributed by atoms with Gasteiger partial charge in [-0.05, 0) is 36.2 Å². The molecule has 1 aliphatic rings. The van der Waals surface area contributed by atoms with Crippen LogP contribution in [0.4, 0.5) is 0 Å². The monoisotopic (exact) mass is 282 g/mol. The fraction of sp³-hybridized carbons (Fsp3) is 0.333. The normalized spacial score (nSPS) is 15.8. The van der Waals surface area contributed by atoms with E-state index in [9.17, 15) is 0 Å². The van der Waals surface area contributed by atoms with Crippen molar-refractivity contribution < 1.29 is 4.74 Å². The molecule has 3 heteroatoms. The standard InChI is InChI=1S/C18H22N2O/c1-2-4-17(5-3-1)21-18-8-6-16(7-9-18)10-13-20-14-11-19-12-15-20/h1-9,19H,10-15H2. The fourth-order valence-electron chi connectivity index (χ4n) is 2.57. The van der Waals surface area contributed by atoms with Crippen LogP contribution in [-0.2, 0) is 6.42 Å². The molecule has 3 rings (SSSR count). The summed E-state index contributed by atoms with van der Waals surface area (Å²) in [5.41, 5.74) is 1.37. The van der Waals surface area contributed by atoms with Crippen LogP contribution < -0.4 is 10.1 Å². The molecule has 1 aliphatic heterocycles. The molecule has 1 heterocycles. The van der Waals surface area contributed by atoms with Gasteiger partial charge in [-0.1, -0.05) is 30.3 Å². The van der Waals surface area contributed by atoms with Crippen molar-refractivity contribution in [2.75, 3.05) is 32.7 Å². The summed E-state index contributed by atoms with van der Waals surface area (Å²) in [6.07, 6.45) is 1.10. The Balaban J connectivity index is 1.51. The molecule has 0 saturated carbocycles. The van der Waals surface area contributed by atoms with Crippen molar-refractivity contribution >= 4 is 0 Å². The minimum Gasteiger partial charge on any atom is -0.457 e. The second kappa shape index (κ2) is 7.25. The molecule has 2 aromatic carbocycles. The van der Waals surface area contributed by atoms with Gasteiger partial charge in [0.1, 0.15) is 11.5 Å². The highest BCUT2D eigenvalue weighted by Crippen LogP contribution is 2.21. The first-order valence-corrected chi connectivity index (χ1v) is 7.65. The highest BCUT2D eigenvalue weighted by Gasteiger charge is 2.08. The SMILES string of the molecule is c1ccc(Oc2ccc(CCN3CCNCC3)cc2)cc1. The maximum absolute atomic E-state index is 5.81. The summed E-state index contributed by atoms with van der Waals surface area (Å²) >= 11 is 0. The number of rotatable bonds is 5. The van der Waals surface area contributed by atoms with Crippen molar-refractivity contribution in [3.05, 3.63) is 60.2 Å². The minimum atomic E-state index is 0.881. The molecule has 0 aliphatic carbocycles. The second-order valence-corrected chi connectivity index (χ2v) is 5.40. The Hall–Kier alpha value is -1.84. The van der Waals surface area contributed by atoms with E-state index in [1.54, 1.807) is 0 Å². The molecular formula is C18H22N2O. The molecule has 1 N–H and O–H groups in total. The van der Waals surface area contributed by atoms with Gasteiger partial charge in [0.05, 0.1) is 0 Å². The van der Waals surface area contributed by atoms with Crippen LogP contribution >= 0.6 is 0 Å². The Morgan fingerprint density at radius 1 is 0.857 bits per heavy atom. The first kappa shape index (κ1) is 14.1.